The number of nitriles is 1. The van der Waals surface area contributed by atoms with Crippen molar-refractivity contribution < 1.29 is 32.5 Å². The summed E-state index contributed by atoms with van der Waals surface area (Å²) in [5.74, 6) is 0.242. The Hall–Kier alpha value is -5.17. The molecule has 0 bridgehead atoms. The molecule has 0 aromatic carbocycles. The van der Waals surface area contributed by atoms with Crippen molar-refractivity contribution in [1.82, 2.24) is 24.1 Å². The zero-order valence-corrected chi connectivity index (χ0v) is 21.5. The molecule has 4 aromatic rings. The van der Waals surface area contributed by atoms with Gasteiger partial charge in [-0.15, -0.1) is 0 Å². The van der Waals surface area contributed by atoms with Gasteiger partial charge in [0.25, 0.3) is 5.56 Å². The number of rotatable bonds is 6. The van der Waals surface area contributed by atoms with E-state index in [1.165, 1.54) is 43.2 Å². The molecule has 0 unspecified atom stereocenters. The highest BCUT2D eigenvalue weighted by Gasteiger charge is 2.32. The Bertz CT molecular complexity index is 1760. The number of amides is 1. The van der Waals surface area contributed by atoms with Crippen LogP contribution in [0, 0.1) is 11.3 Å². The van der Waals surface area contributed by atoms with Crippen molar-refractivity contribution in [2.45, 2.75) is 18.6 Å². The maximum Gasteiger partial charge on any atom is 0.417 e. The van der Waals surface area contributed by atoms with E-state index in [4.69, 9.17) is 9.47 Å². The van der Waals surface area contributed by atoms with Crippen LogP contribution in [0.15, 0.2) is 41.6 Å². The molecule has 1 fully saturated rings. The number of anilines is 3. The van der Waals surface area contributed by atoms with Gasteiger partial charge in [-0.05, 0) is 18.6 Å². The van der Waals surface area contributed by atoms with Crippen LogP contribution in [0.4, 0.5) is 35.4 Å². The maximum atomic E-state index is 13.3. The Morgan fingerprint density at radius 3 is 2.76 bits per heavy atom. The summed E-state index contributed by atoms with van der Waals surface area (Å²) >= 11 is 0. The van der Waals surface area contributed by atoms with E-state index in [0.717, 1.165) is 9.47 Å². The number of hydrogen-bond acceptors (Lipinski definition) is 9. The Balaban J connectivity index is 1.50. The lowest BCUT2D eigenvalue weighted by atomic mass is 10.2. The highest BCUT2D eigenvalue weighted by atomic mass is 19.4. The van der Waals surface area contributed by atoms with Gasteiger partial charge >= 0.3 is 12.3 Å². The van der Waals surface area contributed by atoms with Gasteiger partial charge in [-0.3, -0.25) is 9.69 Å². The first-order valence-corrected chi connectivity index (χ1v) is 12.0. The van der Waals surface area contributed by atoms with Crippen molar-refractivity contribution in [3.8, 4) is 17.6 Å². The van der Waals surface area contributed by atoms with E-state index in [1.54, 1.807) is 0 Å². The average molecular weight is 570 g/mol. The Morgan fingerprint density at radius 2 is 2.10 bits per heavy atom. The minimum absolute atomic E-state index is 0.00681. The summed E-state index contributed by atoms with van der Waals surface area (Å²) in [7, 11) is 2.68. The Morgan fingerprint density at radius 1 is 1.32 bits per heavy atom. The van der Waals surface area contributed by atoms with E-state index >= 15 is 0 Å². The predicted octanol–water partition coefficient (Wildman–Crippen LogP) is 3.76. The smallest absolute Gasteiger partial charge is 0.417 e. The van der Waals surface area contributed by atoms with Gasteiger partial charge < -0.3 is 29.0 Å². The van der Waals surface area contributed by atoms with Crippen LogP contribution < -0.4 is 20.5 Å². The lowest BCUT2D eigenvalue weighted by molar-refractivity contribution is -0.138. The summed E-state index contributed by atoms with van der Waals surface area (Å²) in [6.45, 7) is 0.646. The van der Waals surface area contributed by atoms with Crippen LogP contribution in [0.3, 0.4) is 0 Å². The van der Waals surface area contributed by atoms with Crippen molar-refractivity contribution >= 4 is 34.7 Å². The fourth-order valence-corrected chi connectivity index (χ4v) is 4.42. The minimum atomic E-state index is -4.69. The third-order valence-corrected chi connectivity index (χ3v) is 6.40. The van der Waals surface area contributed by atoms with Gasteiger partial charge in [0.2, 0.25) is 5.95 Å². The van der Waals surface area contributed by atoms with Gasteiger partial charge in [-0.25, -0.2) is 14.8 Å². The number of alkyl halides is 3. The number of aryl methyl sites for hydroxylation is 2. The molecule has 1 saturated heterocycles. The molecule has 5 heterocycles. The van der Waals surface area contributed by atoms with Gasteiger partial charge in [-0.1, -0.05) is 0 Å². The van der Waals surface area contributed by atoms with Gasteiger partial charge in [0.15, 0.2) is 11.4 Å². The molecule has 1 amide bonds. The number of halogens is 3. The van der Waals surface area contributed by atoms with Crippen molar-refractivity contribution in [3.63, 3.8) is 0 Å². The molecular weight excluding hydrogens is 549 g/mol. The second-order valence-corrected chi connectivity index (χ2v) is 9.08. The zero-order chi connectivity index (χ0) is 29.5. The molecule has 0 spiro atoms. The fourth-order valence-electron chi connectivity index (χ4n) is 4.42. The number of carboxylic acid groups (broad SMARTS) is 1. The van der Waals surface area contributed by atoms with Crippen LogP contribution in [-0.4, -0.2) is 54.5 Å². The molecule has 0 aliphatic carbocycles. The van der Waals surface area contributed by atoms with Gasteiger partial charge in [-0.2, -0.15) is 23.4 Å². The van der Waals surface area contributed by atoms with Crippen LogP contribution in [0.25, 0.3) is 11.2 Å². The monoisotopic (exact) mass is 570 g/mol. The number of ether oxygens (including phenoxy) is 2. The third kappa shape index (κ3) is 5.22. The van der Waals surface area contributed by atoms with E-state index in [2.05, 4.69) is 20.3 Å². The molecule has 41 heavy (non-hydrogen) atoms. The first-order valence-electron chi connectivity index (χ1n) is 12.0. The number of aromatic nitrogens is 5. The first kappa shape index (κ1) is 27.4. The van der Waals surface area contributed by atoms with Gasteiger partial charge in [0.1, 0.15) is 34.4 Å². The number of pyridine rings is 3. The van der Waals surface area contributed by atoms with E-state index in [1.807, 2.05) is 6.07 Å². The fraction of sp³-hybridized carbons (Fsp3) is 0.280. The summed E-state index contributed by atoms with van der Waals surface area (Å²) in [6, 6.07) is 5.15. The lowest BCUT2D eigenvalue weighted by Gasteiger charge is -2.24. The summed E-state index contributed by atoms with van der Waals surface area (Å²) in [6.07, 6.45) is -2.12. The third-order valence-electron chi connectivity index (χ3n) is 6.40. The van der Waals surface area contributed by atoms with Crippen LogP contribution in [0.5, 0.6) is 11.5 Å². The summed E-state index contributed by atoms with van der Waals surface area (Å²) in [5, 5.41) is 22.3. The molecule has 5 rings (SSSR count). The molecule has 2 N–H and O–H groups in total. The van der Waals surface area contributed by atoms with E-state index in [0.29, 0.717) is 25.3 Å². The molecule has 0 radical (unpaired) electrons. The van der Waals surface area contributed by atoms with Crippen molar-refractivity contribution in [3.05, 3.63) is 58.3 Å². The number of fused-ring (bicyclic) bond motifs is 1. The average Bonchev–Trinajstić information content (AvgIpc) is 3.55. The van der Waals surface area contributed by atoms with Crippen molar-refractivity contribution in [2.75, 3.05) is 23.4 Å². The van der Waals surface area contributed by atoms with Crippen molar-refractivity contribution in [1.29, 1.82) is 5.26 Å². The van der Waals surface area contributed by atoms with Gasteiger partial charge in [0.05, 0.1) is 24.4 Å². The maximum absolute atomic E-state index is 13.3. The lowest BCUT2D eigenvalue weighted by Crippen LogP contribution is -2.40. The molecule has 1 aliphatic rings. The second kappa shape index (κ2) is 10.4. The second-order valence-electron chi connectivity index (χ2n) is 9.08. The van der Waals surface area contributed by atoms with Gasteiger partial charge in [0, 0.05) is 39.2 Å². The van der Waals surface area contributed by atoms with Crippen molar-refractivity contribution in [2.24, 2.45) is 14.1 Å². The molecule has 212 valence electrons. The van der Waals surface area contributed by atoms with E-state index in [9.17, 15) is 33.1 Å². The largest absolute Gasteiger partial charge is 0.465 e. The topological polar surface area (TPSA) is 160 Å². The van der Waals surface area contributed by atoms with Crippen LogP contribution in [0.1, 0.15) is 17.5 Å². The first-order chi connectivity index (χ1) is 19.5. The van der Waals surface area contributed by atoms with Crippen LogP contribution in [0.2, 0.25) is 0 Å². The normalized spacial score (nSPS) is 15.1. The molecular formula is C25H21F3N8O5. The molecule has 1 aliphatic heterocycles. The predicted molar refractivity (Wildman–Crippen MR) is 137 cm³/mol. The molecule has 4 aromatic heterocycles. The standard InChI is InChI=1S/C25H21F3N8O5/c1-34-11-13(25(26,27)28)7-17(22(34)37)32-23-33-21-20(35(23)2)16(9-29)18(10-31-21)41-15-3-5-30-19(8-15)36(24(38)39)14-4-6-40-12-14/h3,5,7-8,10-11,14H,4,6,12H2,1-2H3,(H,38,39)(H,31,32,33)/t14-/m1/s1. The Labute approximate surface area is 229 Å². The number of nitrogens with one attached hydrogen (secondary N) is 1. The summed E-state index contributed by atoms with van der Waals surface area (Å²) in [4.78, 5) is 38.1. The van der Waals surface area contributed by atoms with E-state index < -0.39 is 29.4 Å². The number of imidazole rings is 1. The quantitative estimate of drug-likeness (QED) is 0.349. The SMILES string of the molecule is Cn1cc(C(F)(F)F)cc(Nc2nc3ncc(Oc4ccnc(N(C(=O)O)[C@@H]5CCOC5)c4)c(C#N)c3n2C)c1=O. The Kier molecular flexibility index (Phi) is 6.97. The van der Waals surface area contributed by atoms with Crippen LogP contribution >= 0.6 is 0 Å². The molecule has 16 heteroatoms. The van der Waals surface area contributed by atoms with E-state index in [-0.39, 0.29) is 52.3 Å². The highest BCUT2D eigenvalue weighted by Crippen LogP contribution is 2.34. The number of carbonyl (C=O) groups is 1. The molecule has 0 saturated carbocycles. The van der Waals surface area contributed by atoms with Crippen LogP contribution in [-0.2, 0) is 25.0 Å². The number of hydrogen-bond donors (Lipinski definition) is 2. The number of nitrogens with zero attached hydrogens (tertiary/aromatic N) is 7. The highest BCUT2D eigenvalue weighted by molar-refractivity contribution is 5.86. The zero-order valence-electron chi connectivity index (χ0n) is 21.5. The minimum Gasteiger partial charge on any atom is -0.465 e. The summed E-state index contributed by atoms with van der Waals surface area (Å²) in [5.41, 5.74) is -1.90. The summed E-state index contributed by atoms with van der Waals surface area (Å²) < 4.78 is 53.3. The molecule has 1 atom stereocenters. The molecule has 13 nitrogen and oxygen atoms in total.